The first kappa shape index (κ1) is 25.7. The first-order chi connectivity index (χ1) is 19.6. The quantitative estimate of drug-likeness (QED) is 0.223. The third-order valence-electron chi connectivity index (χ3n) is 7.71. The van der Waals surface area contributed by atoms with Crippen LogP contribution in [0.3, 0.4) is 0 Å². The Morgan fingerprint density at radius 1 is 0.900 bits per heavy atom. The summed E-state index contributed by atoms with van der Waals surface area (Å²) in [4.78, 5) is 24.1. The van der Waals surface area contributed by atoms with Crippen molar-refractivity contribution in [2.24, 2.45) is 5.73 Å². The molecule has 1 saturated carbocycles. The van der Waals surface area contributed by atoms with Gasteiger partial charge in [-0.2, -0.15) is 0 Å². The van der Waals surface area contributed by atoms with E-state index in [0.717, 1.165) is 45.6 Å². The van der Waals surface area contributed by atoms with Crippen LogP contribution in [0.5, 0.6) is 0 Å². The summed E-state index contributed by atoms with van der Waals surface area (Å²) in [6, 6.07) is 32.8. The van der Waals surface area contributed by atoms with Crippen molar-refractivity contribution in [3.63, 3.8) is 0 Å². The second kappa shape index (κ2) is 11.3. The minimum Gasteiger partial charge on any atom is -0.366 e. The number of aromatic nitrogens is 2. The number of primary amides is 1. The van der Waals surface area contributed by atoms with Gasteiger partial charge in [0.15, 0.2) is 0 Å². The number of rotatable bonds is 8. The highest BCUT2D eigenvalue weighted by Gasteiger charge is 2.21. The molecule has 1 aliphatic rings. The maximum absolute atomic E-state index is 11.8. The van der Waals surface area contributed by atoms with Crippen LogP contribution in [0.2, 0.25) is 0 Å². The average Bonchev–Trinajstić information content (AvgIpc) is 3.52. The molecule has 1 fully saturated rings. The Kier molecular flexibility index (Phi) is 7.25. The summed E-state index contributed by atoms with van der Waals surface area (Å²) >= 11 is 0. The molecule has 6 rings (SSSR count). The number of fused-ring (bicyclic) bond motifs is 1. The van der Waals surface area contributed by atoms with E-state index in [1.807, 2.05) is 48.5 Å². The van der Waals surface area contributed by atoms with Crippen LogP contribution in [0.25, 0.3) is 22.2 Å². The zero-order valence-electron chi connectivity index (χ0n) is 22.7. The highest BCUT2D eigenvalue weighted by molar-refractivity contribution is 5.95. The molecule has 6 nitrogen and oxygen atoms in total. The third kappa shape index (κ3) is 5.31. The number of carbonyl (C=O) groups is 1. The van der Waals surface area contributed by atoms with Crippen molar-refractivity contribution >= 4 is 34.1 Å². The summed E-state index contributed by atoms with van der Waals surface area (Å²) in [6.07, 6.45) is 5.08. The number of nitrogens with two attached hydrogens (primary N) is 1. The molecule has 40 heavy (non-hydrogen) atoms. The van der Waals surface area contributed by atoms with Gasteiger partial charge in [0, 0.05) is 34.8 Å². The molecule has 0 spiro atoms. The zero-order valence-corrected chi connectivity index (χ0v) is 22.7. The topological polar surface area (TPSA) is 84.1 Å². The average molecular weight is 528 g/mol. The summed E-state index contributed by atoms with van der Waals surface area (Å²) < 4.78 is 0. The largest absolute Gasteiger partial charge is 0.366 e. The standard InChI is InChI=1S/C34H33N5O/c1-23-15-16-24(22-36-27-11-5-6-12-27)21-31(23)39(28-19-17-26(18-20-28)33(35)40)34-37-30-14-8-7-13-29(30)32(38-34)25-9-3-2-4-10-25/h2-4,7-10,13-21,27,36H,5-6,11-12,22H2,1H3,(H2,35,40). The zero-order chi connectivity index (χ0) is 27.5. The first-order valence-electron chi connectivity index (χ1n) is 13.9. The Labute approximate surface area is 234 Å². The molecular weight excluding hydrogens is 494 g/mol. The molecule has 0 aliphatic heterocycles. The number of amides is 1. The molecule has 1 heterocycles. The lowest BCUT2D eigenvalue weighted by Gasteiger charge is -2.26. The van der Waals surface area contributed by atoms with Gasteiger partial charge in [0.2, 0.25) is 11.9 Å². The van der Waals surface area contributed by atoms with Gasteiger partial charge in [-0.15, -0.1) is 0 Å². The maximum Gasteiger partial charge on any atom is 0.248 e. The van der Waals surface area contributed by atoms with E-state index >= 15 is 0 Å². The Hall–Kier alpha value is -4.55. The summed E-state index contributed by atoms with van der Waals surface area (Å²) in [7, 11) is 0. The molecular formula is C34H33N5O. The van der Waals surface area contributed by atoms with Crippen molar-refractivity contribution in [3.05, 3.63) is 114 Å². The summed E-state index contributed by atoms with van der Waals surface area (Å²) in [5, 5.41) is 4.73. The molecule has 5 aromatic rings. The van der Waals surface area contributed by atoms with E-state index in [9.17, 15) is 4.79 Å². The van der Waals surface area contributed by atoms with Gasteiger partial charge in [-0.25, -0.2) is 9.97 Å². The number of hydrogen-bond donors (Lipinski definition) is 2. The molecule has 0 bridgehead atoms. The predicted molar refractivity (Wildman–Crippen MR) is 162 cm³/mol. The summed E-state index contributed by atoms with van der Waals surface area (Å²) in [5.41, 5.74) is 12.9. The van der Waals surface area contributed by atoms with Crippen LogP contribution in [0.15, 0.2) is 97.1 Å². The van der Waals surface area contributed by atoms with Crippen molar-refractivity contribution < 1.29 is 4.79 Å². The van der Waals surface area contributed by atoms with Gasteiger partial charge in [-0.3, -0.25) is 9.69 Å². The van der Waals surface area contributed by atoms with Gasteiger partial charge in [0.05, 0.1) is 16.9 Å². The molecule has 0 radical (unpaired) electrons. The molecule has 1 aliphatic carbocycles. The first-order valence-corrected chi connectivity index (χ1v) is 13.9. The fraction of sp³-hybridized carbons (Fsp3) is 0.206. The normalized spacial score (nSPS) is 13.5. The number of benzene rings is 4. The van der Waals surface area contributed by atoms with Crippen molar-refractivity contribution in [1.82, 2.24) is 15.3 Å². The lowest BCUT2D eigenvalue weighted by molar-refractivity contribution is 0.100. The summed E-state index contributed by atoms with van der Waals surface area (Å²) in [5.74, 6) is 0.107. The number of nitrogens with zero attached hydrogens (tertiary/aromatic N) is 3. The van der Waals surface area contributed by atoms with Crippen molar-refractivity contribution in [2.45, 2.75) is 45.2 Å². The van der Waals surface area contributed by atoms with Gasteiger partial charge >= 0.3 is 0 Å². The van der Waals surface area contributed by atoms with E-state index in [-0.39, 0.29) is 0 Å². The van der Waals surface area contributed by atoms with E-state index in [2.05, 4.69) is 53.5 Å². The molecule has 200 valence electrons. The van der Waals surface area contributed by atoms with Crippen LogP contribution in [-0.4, -0.2) is 21.9 Å². The molecule has 1 aromatic heterocycles. The van der Waals surface area contributed by atoms with Gasteiger partial charge in [0.1, 0.15) is 0 Å². The van der Waals surface area contributed by atoms with Gasteiger partial charge in [-0.05, 0) is 67.3 Å². The van der Waals surface area contributed by atoms with E-state index < -0.39 is 5.91 Å². The lowest BCUT2D eigenvalue weighted by atomic mass is 10.1. The Bertz CT molecular complexity index is 1640. The van der Waals surface area contributed by atoms with Crippen molar-refractivity contribution in [1.29, 1.82) is 0 Å². The second-order valence-corrected chi connectivity index (χ2v) is 10.5. The smallest absolute Gasteiger partial charge is 0.248 e. The maximum atomic E-state index is 11.8. The fourth-order valence-corrected chi connectivity index (χ4v) is 5.52. The van der Waals surface area contributed by atoms with Crippen LogP contribution in [0, 0.1) is 6.92 Å². The van der Waals surface area contributed by atoms with E-state index in [1.54, 1.807) is 12.1 Å². The minimum absolute atomic E-state index is 0.456. The number of nitrogens with one attached hydrogen (secondary N) is 1. The van der Waals surface area contributed by atoms with Crippen molar-refractivity contribution in [3.8, 4) is 11.3 Å². The van der Waals surface area contributed by atoms with Crippen molar-refractivity contribution in [2.75, 3.05) is 4.90 Å². The van der Waals surface area contributed by atoms with E-state index in [4.69, 9.17) is 15.7 Å². The number of para-hydroxylation sites is 1. The highest BCUT2D eigenvalue weighted by atomic mass is 16.1. The fourth-order valence-electron chi connectivity index (χ4n) is 5.52. The molecule has 0 unspecified atom stereocenters. The number of anilines is 3. The van der Waals surface area contributed by atoms with Crippen LogP contribution in [0.1, 0.15) is 47.2 Å². The van der Waals surface area contributed by atoms with Crippen LogP contribution < -0.4 is 16.0 Å². The Morgan fingerprint density at radius 2 is 1.62 bits per heavy atom. The third-order valence-corrected chi connectivity index (χ3v) is 7.71. The van der Waals surface area contributed by atoms with Crippen LogP contribution in [-0.2, 0) is 6.54 Å². The molecule has 6 heteroatoms. The van der Waals surface area contributed by atoms with Crippen LogP contribution in [0.4, 0.5) is 17.3 Å². The SMILES string of the molecule is Cc1ccc(CNC2CCCC2)cc1N(c1ccc(C(N)=O)cc1)c1nc(-c2ccccc2)c2ccccc2n1. The van der Waals surface area contributed by atoms with E-state index in [1.165, 1.54) is 31.2 Å². The van der Waals surface area contributed by atoms with Crippen LogP contribution >= 0.6 is 0 Å². The lowest BCUT2D eigenvalue weighted by Crippen LogP contribution is -2.25. The molecule has 3 N–H and O–H groups in total. The number of carbonyl (C=O) groups excluding carboxylic acids is 1. The van der Waals surface area contributed by atoms with E-state index in [0.29, 0.717) is 17.6 Å². The molecule has 0 saturated heterocycles. The predicted octanol–water partition coefficient (Wildman–Crippen LogP) is 7.21. The highest BCUT2D eigenvalue weighted by Crippen LogP contribution is 2.38. The minimum atomic E-state index is -0.456. The Balaban J connectivity index is 1.51. The Morgan fingerprint density at radius 3 is 2.38 bits per heavy atom. The second-order valence-electron chi connectivity index (χ2n) is 10.5. The molecule has 1 amide bonds. The number of hydrogen-bond acceptors (Lipinski definition) is 5. The molecule has 0 atom stereocenters. The monoisotopic (exact) mass is 527 g/mol. The summed E-state index contributed by atoms with van der Waals surface area (Å²) in [6.45, 7) is 2.91. The van der Waals surface area contributed by atoms with Gasteiger partial charge in [0.25, 0.3) is 0 Å². The number of aryl methyl sites for hydroxylation is 1. The van der Waals surface area contributed by atoms with Gasteiger partial charge in [-0.1, -0.05) is 73.5 Å². The molecule has 4 aromatic carbocycles. The van der Waals surface area contributed by atoms with Gasteiger partial charge < -0.3 is 11.1 Å².